The molecule has 0 radical (unpaired) electrons. The summed E-state index contributed by atoms with van der Waals surface area (Å²) in [5.74, 6) is 0.307. The Morgan fingerprint density at radius 2 is 2.08 bits per heavy atom. The van der Waals surface area contributed by atoms with Crippen LogP contribution in [0.2, 0.25) is 0 Å². The van der Waals surface area contributed by atoms with Gasteiger partial charge >= 0.3 is 5.97 Å². The number of nitriles is 1. The highest BCUT2D eigenvalue weighted by molar-refractivity contribution is 8.00. The number of ether oxygens (including phenoxy) is 1. The predicted octanol–water partition coefficient (Wildman–Crippen LogP) is 2.56. The van der Waals surface area contributed by atoms with Gasteiger partial charge in [-0.15, -0.1) is 11.3 Å². The molecule has 25 heavy (non-hydrogen) atoms. The maximum atomic E-state index is 12.2. The van der Waals surface area contributed by atoms with Crippen molar-refractivity contribution in [3.05, 3.63) is 16.3 Å². The van der Waals surface area contributed by atoms with Crippen molar-refractivity contribution in [2.24, 2.45) is 0 Å². The second kappa shape index (κ2) is 8.27. The molecule has 1 amide bonds. The summed E-state index contributed by atoms with van der Waals surface area (Å²) in [4.78, 5) is 35.6. The number of rotatable bonds is 6. The number of thioether (sulfide) groups is 1. The molecule has 0 bridgehead atoms. The number of carbonyl (C=O) groups excluding carboxylic acids is 2. The van der Waals surface area contributed by atoms with Gasteiger partial charge in [-0.3, -0.25) is 4.79 Å². The fourth-order valence-electron chi connectivity index (χ4n) is 2.18. The zero-order valence-corrected chi connectivity index (χ0v) is 16.1. The molecule has 0 aliphatic heterocycles. The van der Waals surface area contributed by atoms with E-state index < -0.39 is 5.97 Å². The lowest BCUT2D eigenvalue weighted by atomic mass is 10.2. The Kier molecular flexibility index (Phi) is 6.33. The number of aromatic nitrogens is 2. The molecule has 0 fully saturated rings. The van der Waals surface area contributed by atoms with E-state index in [9.17, 15) is 9.59 Å². The molecule has 0 spiro atoms. The molecule has 0 saturated heterocycles. The van der Waals surface area contributed by atoms with E-state index in [0.29, 0.717) is 33.5 Å². The second-order valence-corrected chi connectivity index (χ2v) is 7.28. The molecule has 2 heterocycles. The fourth-order valence-corrected chi connectivity index (χ4v) is 4.46. The van der Waals surface area contributed by atoms with Crippen LogP contribution in [-0.4, -0.2) is 53.2 Å². The van der Waals surface area contributed by atoms with Gasteiger partial charge in [0.05, 0.1) is 25.4 Å². The zero-order chi connectivity index (χ0) is 18.6. The van der Waals surface area contributed by atoms with Gasteiger partial charge in [0.1, 0.15) is 20.6 Å². The Bertz CT molecular complexity index is 857. The molecular formula is C16H18N4O3S2. The van der Waals surface area contributed by atoms with Crippen LogP contribution in [0.3, 0.4) is 0 Å². The summed E-state index contributed by atoms with van der Waals surface area (Å²) < 4.78 is 4.81. The van der Waals surface area contributed by atoms with Crippen LogP contribution in [0.4, 0.5) is 0 Å². The van der Waals surface area contributed by atoms with Crippen LogP contribution in [-0.2, 0) is 9.53 Å². The lowest BCUT2D eigenvalue weighted by Gasteiger charge is -2.15. The van der Waals surface area contributed by atoms with Crippen LogP contribution >= 0.6 is 23.1 Å². The number of nitrogens with zero attached hydrogens (tertiary/aromatic N) is 4. The minimum absolute atomic E-state index is 0.0780. The smallest absolute Gasteiger partial charge is 0.348 e. The molecule has 0 saturated carbocycles. The molecule has 2 aromatic heterocycles. The van der Waals surface area contributed by atoms with Crippen LogP contribution in [0, 0.1) is 25.2 Å². The Hall–Kier alpha value is -2.18. The minimum atomic E-state index is -0.401. The van der Waals surface area contributed by atoms with E-state index in [2.05, 4.69) is 9.97 Å². The lowest BCUT2D eigenvalue weighted by molar-refractivity contribution is -0.127. The highest BCUT2D eigenvalue weighted by atomic mass is 32.2. The van der Waals surface area contributed by atoms with E-state index >= 15 is 0 Å². The normalized spacial score (nSPS) is 10.5. The van der Waals surface area contributed by atoms with Crippen LogP contribution in [0.15, 0.2) is 5.03 Å². The van der Waals surface area contributed by atoms with E-state index in [1.807, 2.05) is 13.0 Å². The summed E-state index contributed by atoms with van der Waals surface area (Å²) in [6.07, 6.45) is 0.301. The third-order valence-corrected chi connectivity index (χ3v) is 5.68. The van der Waals surface area contributed by atoms with Crippen molar-refractivity contribution in [1.29, 1.82) is 5.26 Å². The zero-order valence-electron chi connectivity index (χ0n) is 14.5. The molecule has 2 rings (SSSR count). The Morgan fingerprint density at radius 1 is 1.36 bits per heavy atom. The van der Waals surface area contributed by atoms with Gasteiger partial charge in [0, 0.05) is 19.0 Å². The molecule has 132 valence electrons. The number of aryl methyl sites for hydroxylation is 2. The van der Waals surface area contributed by atoms with Crippen molar-refractivity contribution in [2.45, 2.75) is 25.3 Å². The third-order valence-electron chi connectivity index (χ3n) is 3.56. The summed E-state index contributed by atoms with van der Waals surface area (Å²) in [5, 5.41) is 10.1. The van der Waals surface area contributed by atoms with Crippen LogP contribution in [0.25, 0.3) is 10.2 Å². The minimum Gasteiger partial charge on any atom is -0.465 e. The van der Waals surface area contributed by atoms with E-state index in [1.165, 1.54) is 35.1 Å². The SMILES string of the molecule is COC(=O)c1sc2nc(C)nc(SCC(=O)N(C)CCC#N)c2c1C. The summed E-state index contributed by atoms with van der Waals surface area (Å²) in [5.41, 5.74) is 0.764. The molecule has 0 atom stereocenters. The number of esters is 1. The lowest BCUT2D eigenvalue weighted by Crippen LogP contribution is -2.29. The van der Waals surface area contributed by atoms with Gasteiger partial charge in [-0.2, -0.15) is 5.26 Å². The van der Waals surface area contributed by atoms with Crippen molar-refractivity contribution >= 4 is 45.2 Å². The van der Waals surface area contributed by atoms with Gasteiger partial charge in [-0.25, -0.2) is 14.8 Å². The molecule has 7 nitrogen and oxygen atoms in total. The Morgan fingerprint density at radius 3 is 2.72 bits per heavy atom. The molecule has 0 aliphatic carbocycles. The highest BCUT2D eigenvalue weighted by Gasteiger charge is 2.21. The molecular weight excluding hydrogens is 360 g/mol. The van der Waals surface area contributed by atoms with Crippen LogP contribution < -0.4 is 0 Å². The number of hydrogen-bond donors (Lipinski definition) is 0. The number of hydrogen-bond acceptors (Lipinski definition) is 8. The molecule has 9 heteroatoms. The fraction of sp³-hybridized carbons (Fsp3) is 0.438. The summed E-state index contributed by atoms with van der Waals surface area (Å²) in [6.45, 7) is 4.00. The van der Waals surface area contributed by atoms with Crippen molar-refractivity contribution in [3.8, 4) is 6.07 Å². The van der Waals surface area contributed by atoms with Gasteiger partial charge in [-0.1, -0.05) is 11.8 Å². The first-order valence-electron chi connectivity index (χ1n) is 7.48. The van der Waals surface area contributed by atoms with E-state index in [1.54, 1.807) is 14.0 Å². The number of carbonyl (C=O) groups is 2. The van der Waals surface area contributed by atoms with Crippen molar-refractivity contribution in [3.63, 3.8) is 0 Å². The molecule has 0 unspecified atom stereocenters. The summed E-state index contributed by atoms with van der Waals surface area (Å²) in [7, 11) is 3.01. The number of methoxy groups -OCH3 is 1. The number of fused-ring (bicyclic) bond motifs is 1. The molecule has 2 aromatic rings. The van der Waals surface area contributed by atoms with Gasteiger partial charge in [0.2, 0.25) is 5.91 Å². The van der Waals surface area contributed by atoms with Gasteiger partial charge < -0.3 is 9.64 Å². The molecule has 0 aliphatic rings. The monoisotopic (exact) mass is 378 g/mol. The second-order valence-electron chi connectivity index (χ2n) is 5.32. The highest BCUT2D eigenvalue weighted by Crippen LogP contribution is 2.35. The summed E-state index contributed by atoms with van der Waals surface area (Å²) >= 11 is 2.58. The number of amides is 1. The first-order chi connectivity index (χ1) is 11.9. The molecule has 0 aromatic carbocycles. The third kappa shape index (κ3) is 4.27. The Balaban J connectivity index is 2.29. The van der Waals surface area contributed by atoms with E-state index in [4.69, 9.17) is 10.00 Å². The predicted molar refractivity (Wildman–Crippen MR) is 96.8 cm³/mol. The average molecular weight is 378 g/mol. The van der Waals surface area contributed by atoms with Gasteiger partial charge in [0.25, 0.3) is 0 Å². The average Bonchev–Trinajstić information content (AvgIpc) is 2.92. The van der Waals surface area contributed by atoms with Crippen molar-refractivity contribution < 1.29 is 14.3 Å². The van der Waals surface area contributed by atoms with Crippen molar-refractivity contribution in [1.82, 2.24) is 14.9 Å². The van der Waals surface area contributed by atoms with E-state index in [-0.39, 0.29) is 11.7 Å². The maximum Gasteiger partial charge on any atom is 0.348 e. The molecule has 0 N–H and O–H groups in total. The first kappa shape index (κ1) is 19.1. The van der Waals surface area contributed by atoms with Crippen LogP contribution in [0.5, 0.6) is 0 Å². The van der Waals surface area contributed by atoms with Gasteiger partial charge in [-0.05, 0) is 19.4 Å². The van der Waals surface area contributed by atoms with E-state index in [0.717, 1.165) is 10.9 Å². The standard InChI is InChI=1S/C16H18N4O3S2/c1-9-12-14(24-8-11(21)20(3)7-5-6-17)18-10(2)19-15(12)25-13(9)16(22)23-4/h5,7-8H2,1-4H3. The van der Waals surface area contributed by atoms with Gasteiger partial charge in [0.15, 0.2) is 0 Å². The Labute approximate surface area is 154 Å². The maximum absolute atomic E-state index is 12.2. The summed E-state index contributed by atoms with van der Waals surface area (Å²) in [6, 6.07) is 2.02. The first-order valence-corrected chi connectivity index (χ1v) is 9.29. The quantitative estimate of drug-likeness (QED) is 0.433. The topological polar surface area (TPSA) is 96.2 Å². The van der Waals surface area contributed by atoms with Crippen molar-refractivity contribution in [2.75, 3.05) is 26.5 Å². The number of thiophene rings is 1. The largest absolute Gasteiger partial charge is 0.465 e. The van der Waals surface area contributed by atoms with Crippen LogP contribution in [0.1, 0.15) is 27.5 Å².